The van der Waals surface area contributed by atoms with Crippen molar-refractivity contribution in [2.45, 2.75) is 46.7 Å². The molecule has 29 heavy (non-hydrogen) atoms. The lowest BCUT2D eigenvalue weighted by Crippen LogP contribution is -2.48. The monoisotopic (exact) mass is 418 g/mol. The van der Waals surface area contributed by atoms with Crippen LogP contribution in [0.25, 0.3) is 0 Å². The number of sulfonamides is 1. The zero-order valence-electron chi connectivity index (χ0n) is 18.1. The molecule has 0 saturated carbocycles. The number of aryl methyl sites for hydroxylation is 3. The summed E-state index contributed by atoms with van der Waals surface area (Å²) in [5.41, 5.74) is 4.49. The number of nitrogens with one attached hydrogen (secondary N) is 1. The minimum absolute atomic E-state index is 0.259. The topological polar surface area (TPSA) is 75.7 Å². The fourth-order valence-electron chi connectivity index (χ4n) is 3.20. The van der Waals surface area contributed by atoms with E-state index in [4.69, 9.17) is 4.74 Å². The Bertz CT molecular complexity index is 1000. The minimum Gasteiger partial charge on any atom is -0.495 e. The summed E-state index contributed by atoms with van der Waals surface area (Å²) >= 11 is 0. The molecule has 158 valence electrons. The first-order valence-electron chi connectivity index (χ1n) is 9.47. The number of ether oxygens (including phenoxy) is 1. The van der Waals surface area contributed by atoms with Crippen LogP contribution in [0.5, 0.6) is 5.75 Å². The van der Waals surface area contributed by atoms with E-state index in [2.05, 4.69) is 5.32 Å². The number of methoxy groups -OCH3 is 1. The maximum atomic E-state index is 13.0. The number of amides is 1. The molecule has 0 heterocycles. The summed E-state index contributed by atoms with van der Waals surface area (Å²) in [6.45, 7) is 9.36. The molecule has 0 spiro atoms. The van der Waals surface area contributed by atoms with E-state index in [1.54, 1.807) is 19.1 Å². The molecule has 2 aromatic carbocycles. The first-order chi connectivity index (χ1) is 13.5. The normalized spacial score (nSPS) is 13.5. The molecule has 1 amide bonds. The molecule has 2 atom stereocenters. The first kappa shape index (κ1) is 22.7. The maximum absolute atomic E-state index is 13.0. The van der Waals surface area contributed by atoms with Crippen molar-refractivity contribution in [3.63, 3.8) is 0 Å². The van der Waals surface area contributed by atoms with Crippen molar-refractivity contribution in [3.8, 4) is 5.75 Å². The van der Waals surface area contributed by atoms with Gasteiger partial charge in [0.25, 0.3) is 0 Å². The van der Waals surface area contributed by atoms with Gasteiger partial charge in [-0.25, -0.2) is 8.42 Å². The lowest BCUT2D eigenvalue weighted by atomic mass is 10.0. The van der Waals surface area contributed by atoms with Crippen LogP contribution in [-0.2, 0) is 14.8 Å². The number of nitrogens with zero attached hydrogens (tertiary/aromatic N) is 1. The van der Waals surface area contributed by atoms with Gasteiger partial charge in [0.1, 0.15) is 11.8 Å². The Labute approximate surface area is 173 Å². The highest BCUT2D eigenvalue weighted by molar-refractivity contribution is 7.92. The third-order valence-electron chi connectivity index (χ3n) is 5.05. The lowest BCUT2D eigenvalue weighted by Gasteiger charge is -2.30. The molecule has 0 fully saturated rings. The third kappa shape index (κ3) is 5.29. The van der Waals surface area contributed by atoms with Gasteiger partial charge < -0.3 is 10.1 Å². The molecule has 0 aliphatic heterocycles. The SMILES string of the molecule is COc1ccc(C)cc1N([C@@H](C)C(=O)N[C@H](C)c1ccc(C)c(C)c1)S(C)(=O)=O. The van der Waals surface area contributed by atoms with E-state index in [1.807, 2.05) is 52.0 Å². The molecule has 0 radical (unpaired) electrons. The summed E-state index contributed by atoms with van der Waals surface area (Å²) in [4.78, 5) is 13.0. The standard InChI is InChI=1S/C22H30N2O4S/c1-14-8-11-21(28-6)20(12-14)24(29(7,26)27)18(5)22(25)23-17(4)19-10-9-15(2)16(3)13-19/h8-13,17-18H,1-7H3,(H,23,25)/t17-,18+/m1/s1. The predicted octanol–water partition coefficient (Wildman–Crippen LogP) is 3.65. The highest BCUT2D eigenvalue weighted by Gasteiger charge is 2.32. The van der Waals surface area contributed by atoms with Gasteiger partial charge in [0, 0.05) is 0 Å². The second-order valence-corrected chi connectivity index (χ2v) is 9.34. The van der Waals surface area contributed by atoms with Gasteiger partial charge in [0.05, 0.1) is 25.1 Å². The Hall–Kier alpha value is -2.54. The fraction of sp³-hybridized carbons (Fsp3) is 0.409. The second-order valence-electron chi connectivity index (χ2n) is 7.48. The van der Waals surface area contributed by atoms with E-state index >= 15 is 0 Å². The molecule has 0 bridgehead atoms. The zero-order valence-corrected chi connectivity index (χ0v) is 18.9. The van der Waals surface area contributed by atoms with Gasteiger partial charge in [-0.2, -0.15) is 0 Å². The average molecular weight is 419 g/mol. The smallest absolute Gasteiger partial charge is 0.244 e. The quantitative estimate of drug-likeness (QED) is 0.745. The largest absolute Gasteiger partial charge is 0.495 e. The van der Waals surface area contributed by atoms with Gasteiger partial charge >= 0.3 is 0 Å². The average Bonchev–Trinajstić information content (AvgIpc) is 2.63. The molecule has 0 aliphatic carbocycles. The highest BCUT2D eigenvalue weighted by atomic mass is 32.2. The van der Waals surface area contributed by atoms with Crippen LogP contribution in [0.3, 0.4) is 0 Å². The van der Waals surface area contributed by atoms with Gasteiger partial charge in [0.2, 0.25) is 15.9 Å². The van der Waals surface area contributed by atoms with Crippen molar-refractivity contribution in [3.05, 3.63) is 58.7 Å². The Balaban J connectivity index is 2.34. The Morgan fingerprint density at radius 2 is 1.69 bits per heavy atom. The summed E-state index contributed by atoms with van der Waals surface area (Å²) in [6, 6.07) is 10.0. The van der Waals surface area contributed by atoms with Crippen molar-refractivity contribution in [1.82, 2.24) is 5.32 Å². The summed E-state index contributed by atoms with van der Waals surface area (Å²) in [6.07, 6.45) is 1.09. The number of anilines is 1. The lowest BCUT2D eigenvalue weighted by molar-refractivity contribution is -0.122. The molecular formula is C22H30N2O4S. The maximum Gasteiger partial charge on any atom is 0.244 e. The molecule has 2 aromatic rings. The summed E-state index contributed by atoms with van der Waals surface area (Å²) in [7, 11) is -2.26. The number of hydrogen-bond donors (Lipinski definition) is 1. The van der Waals surface area contributed by atoms with Crippen LogP contribution in [0.4, 0.5) is 5.69 Å². The van der Waals surface area contributed by atoms with Gasteiger partial charge in [-0.3, -0.25) is 9.10 Å². The van der Waals surface area contributed by atoms with Gasteiger partial charge in [-0.1, -0.05) is 24.3 Å². The number of rotatable bonds is 7. The summed E-state index contributed by atoms with van der Waals surface area (Å²) in [5.74, 6) is 0.00703. The van der Waals surface area contributed by atoms with E-state index in [1.165, 1.54) is 12.7 Å². The van der Waals surface area contributed by atoms with E-state index in [0.717, 1.165) is 27.3 Å². The Morgan fingerprint density at radius 3 is 2.24 bits per heavy atom. The molecule has 0 aliphatic rings. The van der Waals surface area contributed by atoms with Gasteiger partial charge in [0.15, 0.2) is 0 Å². The van der Waals surface area contributed by atoms with Crippen LogP contribution in [-0.4, -0.2) is 33.7 Å². The summed E-state index contributed by atoms with van der Waals surface area (Å²) in [5, 5.41) is 2.93. The van der Waals surface area contributed by atoms with E-state index in [-0.39, 0.29) is 11.9 Å². The number of hydrogen-bond acceptors (Lipinski definition) is 4. The van der Waals surface area contributed by atoms with Crippen molar-refractivity contribution in [2.24, 2.45) is 0 Å². The molecule has 2 rings (SSSR count). The minimum atomic E-state index is -3.73. The Morgan fingerprint density at radius 1 is 1.03 bits per heavy atom. The van der Waals surface area contributed by atoms with Crippen LogP contribution in [0.2, 0.25) is 0 Å². The van der Waals surface area contributed by atoms with E-state index in [9.17, 15) is 13.2 Å². The highest BCUT2D eigenvalue weighted by Crippen LogP contribution is 2.32. The van der Waals surface area contributed by atoms with Crippen LogP contribution in [0.1, 0.15) is 42.1 Å². The molecule has 1 N–H and O–H groups in total. The van der Waals surface area contributed by atoms with Crippen molar-refractivity contribution < 1.29 is 17.9 Å². The van der Waals surface area contributed by atoms with E-state index in [0.29, 0.717) is 11.4 Å². The summed E-state index contributed by atoms with van der Waals surface area (Å²) < 4.78 is 31.6. The second kappa shape index (κ2) is 8.86. The molecule has 0 aromatic heterocycles. The van der Waals surface area contributed by atoms with Crippen molar-refractivity contribution >= 4 is 21.6 Å². The fourth-order valence-corrected chi connectivity index (χ4v) is 4.37. The molecule has 7 heteroatoms. The molecule has 6 nitrogen and oxygen atoms in total. The van der Waals surface area contributed by atoms with Crippen LogP contribution < -0.4 is 14.4 Å². The van der Waals surface area contributed by atoms with Crippen LogP contribution >= 0.6 is 0 Å². The Kier molecular flexibility index (Phi) is 6.95. The number of benzene rings is 2. The van der Waals surface area contributed by atoms with Crippen molar-refractivity contribution in [1.29, 1.82) is 0 Å². The number of carbonyl (C=O) groups is 1. The zero-order chi connectivity index (χ0) is 21.9. The van der Waals surface area contributed by atoms with Crippen LogP contribution in [0, 0.1) is 20.8 Å². The first-order valence-corrected chi connectivity index (χ1v) is 11.3. The third-order valence-corrected chi connectivity index (χ3v) is 6.28. The molecule has 0 saturated heterocycles. The van der Waals surface area contributed by atoms with E-state index < -0.39 is 16.1 Å². The molecule has 0 unspecified atom stereocenters. The van der Waals surface area contributed by atoms with Gasteiger partial charge in [-0.05, 0) is 69.0 Å². The van der Waals surface area contributed by atoms with Crippen molar-refractivity contribution in [2.75, 3.05) is 17.7 Å². The number of carbonyl (C=O) groups excluding carboxylic acids is 1. The predicted molar refractivity (Wildman–Crippen MR) is 117 cm³/mol. The van der Waals surface area contributed by atoms with Crippen LogP contribution in [0.15, 0.2) is 36.4 Å². The molecular weight excluding hydrogens is 388 g/mol. The van der Waals surface area contributed by atoms with Gasteiger partial charge in [-0.15, -0.1) is 0 Å².